The summed E-state index contributed by atoms with van der Waals surface area (Å²) in [6.07, 6.45) is 0. The average molecular weight is 442 g/mol. The van der Waals surface area contributed by atoms with Crippen LogP contribution in [0.2, 0.25) is 0 Å². The van der Waals surface area contributed by atoms with E-state index in [4.69, 9.17) is 14.2 Å². The topological polar surface area (TPSA) is 48.0 Å². The number of rotatable bonds is 6. The predicted octanol–water partition coefficient (Wildman–Crippen LogP) is 5.24. The maximum absolute atomic E-state index is 13.3. The summed E-state index contributed by atoms with van der Waals surface area (Å²) in [5.41, 5.74) is 4.81. The lowest BCUT2D eigenvalue weighted by atomic mass is 9.87. The Morgan fingerprint density at radius 1 is 1.00 bits per heavy atom. The van der Waals surface area contributed by atoms with Crippen LogP contribution in [-0.4, -0.2) is 31.2 Å². The second-order valence-electron chi connectivity index (χ2n) is 8.22. The fourth-order valence-corrected chi connectivity index (χ4v) is 4.92. The van der Waals surface area contributed by atoms with Gasteiger partial charge in [-0.3, -0.25) is 0 Å². The van der Waals surface area contributed by atoms with Crippen molar-refractivity contribution in [1.29, 1.82) is 0 Å². The zero-order valence-corrected chi connectivity index (χ0v) is 18.9. The van der Waals surface area contributed by atoms with Crippen LogP contribution in [-0.2, 0) is 16.1 Å². The van der Waals surface area contributed by atoms with Crippen LogP contribution < -0.4 is 9.47 Å². The van der Waals surface area contributed by atoms with Crippen molar-refractivity contribution in [2.75, 3.05) is 20.3 Å². The fraction of sp³-hybridized carbons (Fsp3) is 0.250. The molecule has 0 saturated carbocycles. The number of carbonyl (C=O) groups excluding carboxylic acids is 1. The number of hydrogen-bond acceptors (Lipinski definition) is 5. The highest BCUT2D eigenvalue weighted by Crippen LogP contribution is 2.53. The van der Waals surface area contributed by atoms with Crippen molar-refractivity contribution in [3.05, 3.63) is 101 Å². The molecule has 2 aliphatic heterocycles. The van der Waals surface area contributed by atoms with Gasteiger partial charge in [-0.1, -0.05) is 48.5 Å². The molecule has 3 aromatic carbocycles. The lowest BCUT2D eigenvalue weighted by molar-refractivity contribution is -0.139. The molecule has 0 saturated heterocycles. The van der Waals surface area contributed by atoms with Crippen molar-refractivity contribution < 1.29 is 19.0 Å². The van der Waals surface area contributed by atoms with Gasteiger partial charge in [0.2, 0.25) is 0 Å². The molecule has 168 valence electrons. The summed E-state index contributed by atoms with van der Waals surface area (Å²) in [5, 5.41) is 0. The fourth-order valence-electron chi connectivity index (χ4n) is 4.92. The first-order chi connectivity index (χ1) is 16.2. The van der Waals surface area contributed by atoms with E-state index in [1.54, 1.807) is 7.11 Å². The Morgan fingerprint density at radius 3 is 2.45 bits per heavy atom. The maximum Gasteiger partial charge on any atom is 0.336 e. The summed E-state index contributed by atoms with van der Waals surface area (Å²) >= 11 is 0. The Kier molecular flexibility index (Phi) is 5.78. The first-order valence-electron chi connectivity index (χ1n) is 11.3. The molecule has 0 bridgehead atoms. The van der Waals surface area contributed by atoms with Gasteiger partial charge in [0.15, 0.2) is 0 Å². The van der Waals surface area contributed by atoms with E-state index in [1.807, 2.05) is 67.6 Å². The first kappa shape index (κ1) is 21.1. The zero-order valence-electron chi connectivity index (χ0n) is 18.9. The number of para-hydroxylation sites is 1. The smallest absolute Gasteiger partial charge is 0.336 e. The lowest BCUT2D eigenvalue weighted by Crippen LogP contribution is -2.33. The van der Waals surface area contributed by atoms with Crippen molar-refractivity contribution in [1.82, 2.24) is 4.90 Å². The first-order valence-corrected chi connectivity index (χ1v) is 11.3. The monoisotopic (exact) mass is 441 g/mol. The number of fused-ring (bicyclic) bond motifs is 3. The van der Waals surface area contributed by atoms with Gasteiger partial charge in [0.1, 0.15) is 11.5 Å². The molecule has 0 radical (unpaired) electrons. The minimum Gasteiger partial charge on any atom is -0.497 e. The molecule has 33 heavy (non-hydrogen) atoms. The van der Waals surface area contributed by atoms with E-state index in [9.17, 15) is 4.79 Å². The Labute approximate surface area is 194 Å². The summed E-state index contributed by atoms with van der Waals surface area (Å²) < 4.78 is 17.0. The molecule has 0 aromatic heterocycles. The molecule has 0 N–H and O–H groups in total. The van der Waals surface area contributed by atoms with Gasteiger partial charge in [0.05, 0.1) is 43.6 Å². The third-order valence-electron chi connectivity index (χ3n) is 6.34. The van der Waals surface area contributed by atoms with Crippen LogP contribution in [0.1, 0.15) is 29.7 Å². The highest BCUT2D eigenvalue weighted by Gasteiger charge is 2.48. The van der Waals surface area contributed by atoms with E-state index in [2.05, 4.69) is 23.1 Å². The van der Waals surface area contributed by atoms with Crippen LogP contribution in [0, 0.1) is 5.92 Å². The Morgan fingerprint density at radius 2 is 1.73 bits per heavy atom. The SMILES string of the molecule is CCOC(=O)C1=C(c2ccc(OC)cc2)N(Cc2ccccc2)[C@H]2c3ccccc3OC[C@@H]12. The normalized spacial score (nSPS) is 18.9. The van der Waals surface area contributed by atoms with Gasteiger partial charge in [0.25, 0.3) is 0 Å². The molecule has 2 aliphatic rings. The molecular weight excluding hydrogens is 414 g/mol. The van der Waals surface area contributed by atoms with Gasteiger partial charge < -0.3 is 19.1 Å². The molecule has 2 atom stereocenters. The van der Waals surface area contributed by atoms with Crippen LogP contribution in [0.3, 0.4) is 0 Å². The molecule has 0 fully saturated rings. The Bertz CT molecular complexity index is 1170. The molecule has 5 rings (SSSR count). The summed E-state index contributed by atoms with van der Waals surface area (Å²) in [7, 11) is 1.65. The second kappa shape index (κ2) is 9.02. The number of benzene rings is 3. The zero-order chi connectivity index (χ0) is 22.8. The second-order valence-corrected chi connectivity index (χ2v) is 8.22. The number of ether oxygens (including phenoxy) is 3. The van der Waals surface area contributed by atoms with Crippen molar-refractivity contribution >= 4 is 11.7 Å². The van der Waals surface area contributed by atoms with E-state index >= 15 is 0 Å². The third kappa shape index (κ3) is 3.84. The maximum atomic E-state index is 13.3. The summed E-state index contributed by atoms with van der Waals surface area (Å²) in [5.74, 6) is 1.24. The molecule has 5 heteroatoms. The van der Waals surface area contributed by atoms with Gasteiger partial charge in [-0.2, -0.15) is 0 Å². The highest BCUT2D eigenvalue weighted by molar-refractivity contribution is 5.99. The van der Waals surface area contributed by atoms with Crippen molar-refractivity contribution in [2.24, 2.45) is 5.92 Å². The molecule has 3 aromatic rings. The predicted molar refractivity (Wildman–Crippen MR) is 127 cm³/mol. The molecular formula is C28H27NO4. The third-order valence-corrected chi connectivity index (χ3v) is 6.34. The summed E-state index contributed by atoms with van der Waals surface area (Å²) in [6.45, 7) is 3.26. The van der Waals surface area contributed by atoms with Crippen LogP contribution in [0.5, 0.6) is 11.5 Å². The Balaban J connectivity index is 1.69. The van der Waals surface area contributed by atoms with Crippen LogP contribution in [0.15, 0.2) is 84.4 Å². The molecule has 0 aliphatic carbocycles. The number of esters is 1. The quantitative estimate of drug-likeness (QED) is 0.490. The lowest BCUT2D eigenvalue weighted by Gasteiger charge is -2.36. The van der Waals surface area contributed by atoms with Gasteiger partial charge in [-0.15, -0.1) is 0 Å². The van der Waals surface area contributed by atoms with Gasteiger partial charge in [0, 0.05) is 12.1 Å². The van der Waals surface area contributed by atoms with E-state index in [0.717, 1.165) is 28.3 Å². The van der Waals surface area contributed by atoms with E-state index in [0.29, 0.717) is 25.3 Å². The molecule has 0 unspecified atom stereocenters. The minimum absolute atomic E-state index is 0.0216. The van der Waals surface area contributed by atoms with Crippen LogP contribution in [0.4, 0.5) is 0 Å². The van der Waals surface area contributed by atoms with Crippen molar-refractivity contribution in [3.63, 3.8) is 0 Å². The number of nitrogens with zero attached hydrogens (tertiary/aromatic N) is 1. The minimum atomic E-state index is -0.281. The van der Waals surface area contributed by atoms with Crippen LogP contribution >= 0.6 is 0 Å². The molecule has 0 spiro atoms. The molecule has 2 heterocycles. The standard InChI is InChI=1S/C28H27NO4/c1-3-32-28(30)25-23-18-33-24-12-8-7-11-22(24)27(23)29(17-19-9-5-4-6-10-19)26(25)20-13-15-21(31-2)16-14-20/h4-16,23,27H,3,17-18H2,1-2H3/t23-,27-/m0/s1. The molecule has 0 amide bonds. The van der Waals surface area contributed by atoms with Crippen LogP contribution in [0.25, 0.3) is 5.70 Å². The summed E-state index contributed by atoms with van der Waals surface area (Å²) in [4.78, 5) is 15.7. The van der Waals surface area contributed by atoms with Gasteiger partial charge in [-0.25, -0.2) is 4.79 Å². The number of carbonyl (C=O) groups is 1. The highest BCUT2D eigenvalue weighted by atomic mass is 16.5. The summed E-state index contributed by atoms with van der Waals surface area (Å²) in [6, 6.07) is 26.3. The largest absolute Gasteiger partial charge is 0.497 e. The van der Waals surface area contributed by atoms with E-state index < -0.39 is 0 Å². The number of hydrogen-bond donors (Lipinski definition) is 0. The van der Waals surface area contributed by atoms with Crippen molar-refractivity contribution in [2.45, 2.75) is 19.5 Å². The van der Waals surface area contributed by atoms with E-state index in [-0.39, 0.29) is 17.9 Å². The Hall–Kier alpha value is -3.73. The number of methoxy groups -OCH3 is 1. The average Bonchev–Trinajstić information content (AvgIpc) is 3.19. The van der Waals surface area contributed by atoms with Gasteiger partial charge in [-0.05, 0) is 48.4 Å². The van der Waals surface area contributed by atoms with Crippen molar-refractivity contribution in [3.8, 4) is 11.5 Å². The van der Waals surface area contributed by atoms with Gasteiger partial charge >= 0.3 is 5.97 Å². The molecule has 5 nitrogen and oxygen atoms in total. The van der Waals surface area contributed by atoms with E-state index in [1.165, 1.54) is 5.56 Å².